The number of carbonyl (C=O) groups excluding carboxylic acids is 1. The van der Waals surface area contributed by atoms with Gasteiger partial charge in [-0.3, -0.25) is 9.20 Å². The summed E-state index contributed by atoms with van der Waals surface area (Å²) in [4.78, 5) is 18.9. The summed E-state index contributed by atoms with van der Waals surface area (Å²) in [6.07, 6.45) is 6.59. The Morgan fingerprint density at radius 1 is 1.62 bits per heavy atom. The Labute approximate surface area is 131 Å². The van der Waals surface area contributed by atoms with Gasteiger partial charge in [0.1, 0.15) is 0 Å². The number of carbonyl (C=O) groups is 1. The van der Waals surface area contributed by atoms with Gasteiger partial charge in [0.25, 0.3) is 0 Å². The van der Waals surface area contributed by atoms with Gasteiger partial charge in [-0.05, 0) is 25.8 Å². The molecule has 112 valence electrons. The minimum Gasteiger partial charge on any atom is -0.388 e. The van der Waals surface area contributed by atoms with Gasteiger partial charge in [0.05, 0.1) is 11.3 Å². The lowest BCUT2D eigenvalue weighted by Gasteiger charge is -2.36. The predicted molar refractivity (Wildman–Crippen MR) is 83.6 cm³/mol. The summed E-state index contributed by atoms with van der Waals surface area (Å²) in [7, 11) is 0. The van der Waals surface area contributed by atoms with E-state index in [1.807, 2.05) is 16.0 Å². The Balaban J connectivity index is 1.78. The second kappa shape index (κ2) is 5.44. The molecule has 1 saturated heterocycles. The molecule has 0 bridgehead atoms. The molecule has 3 heterocycles. The number of rotatable bonds is 2. The number of β-amino-alcohol motifs (C(OH)–C–C–N with tert-alkyl or cyclic N) is 1. The summed E-state index contributed by atoms with van der Waals surface area (Å²) in [5.41, 5.74) is -0.0959. The van der Waals surface area contributed by atoms with Crippen LogP contribution in [0.1, 0.15) is 25.5 Å². The molecule has 2 aromatic heterocycles. The van der Waals surface area contributed by atoms with Gasteiger partial charge in [-0.25, -0.2) is 4.98 Å². The SMILES string of the molecule is CC1(O)CCCN(C(=O)/C=C/c2c(Cl)nc3sccn23)C1. The molecule has 5 nitrogen and oxygen atoms in total. The average molecular weight is 326 g/mol. The summed E-state index contributed by atoms with van der Waals surface area (Å²) in [6, 6.07) is 0. The summed E-state index contributed by atoms with van der Waals surface area (Å²) < 4.78 is 1.85. The number of fused-ring (bicyclic) bond motifs is 1. The van der Waals surface area contributed by atoms with E-state index in [-0.39, 0.29) is 5.91 Å². The monoisotopic (exact) mass is 325 g/mol. The Hall–Kier alpha value is -1.37. The number of hydrogen-bond acceptors (Lipinski definition) is 4. The van der Waals surface area contributed by atoms with Crippen molar-refractivity contribution in [3.05, 3.63) is 28.5 Å². The highest BCUT2D eigenvalue weighted by molar-refractivity contribution is 7.15. The number of amides is 1. The number of aliphatic hydroxyl groups is 1. The van der Waals surface area contributed by atoms with Gasteiger partial charge in [0.15, 0.2) is 10.1 Å². The molecular formula is C14H16ClN3O2S. The first-order valence-corrected chi connectivity index (χ1v) is 8.02. The smallest absolute Gasteiger partial charge is 0.246 e. The highest BCUT2D eigenvalue weighted by Crippen LogP contribution is 2.23. The van der Waals surface area contributed by atoms with Crippen LogP contribution in [-0.2, 0) is 4.79 Å². The van der Waals surface area contributed by atoms with E-state index in [2.05, 4.69) is 4.98 Å². The first-order chi connectivity index (χ1) is 9.96. The standard InChI is InChI=1S/C14H16ClN3O2S/c1-14(20)5-2-6-17(9-14)11(19)4-3-10-12(15)16-13-18(10)7-8-21-13/h3-4,7-8,20H,2,5-6,9H2,1H3/b4-3+. The molecule has 3 rings (SSSR count). The second-order valence-corrected chi connectivity index (χ2v) is 6.77. The summed E-state index contributed by atoms with van der Waals surface area (Å²) in [6.45, 7) is 2.80. The fourth-order valence-corrected chi connectivity index (χ4v) is 3.60. The Kier molecular flexibility index (Phi) is 3.77. The van der Waals surface area contributed by atoms with Gasteiger partial charge in [0, 0.05) is 30.7 Å². The number of thiazole rings is 1. The predicted octanol–water partition coefficient (Wildman–Crippen LogP) is 2.44. The van der Waals surface area contributed by atoms with E-state index < -0.39 is 5.60 Å². The molecule has 0 spiro atoms. The van der Waals surface area contributed by atoms with Crippen molar-refractivity contribution in [2.45, 2.75) is 25.4 Å². The van der Waals surface area contributed by atoms with Gasteiger partial charge >= 0.3 is 0 Å². The number of hydrogen-bond donors (Lipinski definition) is 1. The van der Waals surface area contributed by atoms with Crippen molar-refractivity contribution in [1.29, 1.82) is 0 Å². The first-order valence-electron chi connectivity index (χ1n) is 6.77. The van der Waals surface area contributed by atoms with Crippen LogP contribution < -0.4 is 0 Å². The van der Waals surface area contributed by atoms with Gasteiger partial charge in [-0.15, -0.1) is 11.3 Å². The van der Waals surface area contributed by atoms with Gasteiger partial charge in [-0.1, -0.05) is 11.6 Å². The normalized spacial score (nSPS) is 23.3. The van der Waals surface area contributed by atoms with E-state index >= 15 is 0 Å². The molecule has 1 unspecified atom stereocenters. The van der Waals surface area contributed by atoms with Crippen LogP contribution in [0.15, 0.2) is 17.7 Å². The Morgan fingerprint density at radius 2 is 2.43 bits per heavy atom. The van der Waals surface area contributed by atoms with Crippen molar-refractivity contribution in [2.24, 2.45) is 0 Å². The molecule has 1 amide bonds. The lowest BCUT2D eigenvalue weighted by Crippen LogP contribution is -2.48. The summed E-state index contributed by atoms with van der Waals surface area (Å²) >= 11 is 7.57. The first kappa shape index (κ1) is 14.6. The third-order valence-corrected chi connectivity index (χ3v) is 4.66. The molecule has 0 radical (unpaired) electrons. The van der Waals surface area contributed by atoms with Crippen LogP contribution in [-0.4, -0.2) is 44.0 Å². The lowest BCUT2D eigenvalue weighted by molar-refractivity contribution is -0.132. The van der Waals surface area contributed by atoms with Crippen LogP contribution in [0.5, 0.6) is 0 Å². The van der Waals surface area contributed by atoms with Crippen molar-refractivity contribution >= 4 is 39.9 Å². The number of imidazole rings is 1. The van der Waals surface area contributed by atoms with Crippen LogP contribution >= 0.6 is 22.9 Å². The maximum absolute atomic E-state index is 12.2. The number of nitrogens with zero attached hydrogens (tertiary/aromatic N) is 3. The molecule has 1 atom stereocenters. The Morgan fingerprint density at radius 3 is 3.19 bits per heavy atom. The maximum atomic E-state index is 12.2. The molecule has 0 saturated carbocycles. The molecule has 1 aliphatic rings. The fraction of sp³-hybridized carbons (Fsp3) is 0.429. The van der Waals surface area contributed by atoms with Gasteiger partial charge in [0.2, 0.25) is 5.91 Å². The molecule has 21 heavy (non-hydrogen) atoms. The second-order valence-electron chi connectivity index (χ2n) is 5.54. The van der Waals surface area contributed by atoms with Crippen LogP contribution in [0.25, 0.3) is 11.0 Å². The maximum Gasteiger partial charge on any atom is 0.246 e. The number of likely N-dealkylation sites (tertiary alicyclic amines) is 1. The molecule has 1 N–H and O–H groups in total. The van der Waals surface area contributed by atoms with Crippen molar-refractivity contribution < 1.29 is 9.90 Å². The highest BCUT2D eigenvalue weighted by atomic mass is 35.5. The quantitative estimate of drug-likeness (QED) is 0.863. The largest absolute Gasteiger partial charge is 0.388 e. The lowest BCUT2D eigenvalue weighted by atomic mass is 9.95. The van der Waals surface area contributed by atoms with Crippen molar-refractivity contribution in [3.8, 4) is 0 Å². The molecule has 2 aromatic rings. The van der Waals surface area contributed by atoms with Crippen LogP contribution in [0.4, 0.5) is 0 Å². The molecule has 0 aliphatic carbocycles. The number of piperidine rings is 1. The van der Waals surface area contributed by atoms with Crippen LogP contribution in [0.3, 0.4) is 0 Å². The fourth-order valence-electron chi connectivity index (χ4n) is 2.59. The molecule has 1 aliphatic heterocycles. The van der Waals surface area contributed by atoms with Crippen LogP contribution in [0.2, 0.25) is 5.15 Å². The zero-order valence-corrected chi connectivity index (χ0v) is 13.2. The molecule has 1 fully saturated rings. The number of aromatic nitrogens is 2. The van der Waals surface area contributed by atoms with E-state index in [0.29, 0.717) is 23.9 Å². The van der Waals surface area contributed by atoms with E-state index in [4.69, 9.17) is 11.6 Å². The third kappa shape index (κ3) is 2.97. The average Bonchev–Trinajstić information content (AvgIpc) is 2.96. The third-order valence-electron chi connectivity index (χ3n) is 3.62. The zero-order chi connectivity index (χ0) is 15.0. The minimum atomic E-state index is -0.795. The van der Waals surface area contributed by atoms with Crippen molar-refractivity contribution in [2.75, 3.05) is 13.1 Å². The van der Waals surface area contributed by atoms with E-state index in [1.165, 1.54) is 17.4 Å². The van der Waals surface area contributed by atoms with Gasteiger partial charge in [-0.2, -0.15) is 0 Å². The molecule has 0 aromatic carbocycles. The summed E-state index contributed by atoms with van der Waals surface area (Å²) in [5, 5.41) is 12.4. The highest BCUT2D eigenvalue weighted by Gasteiger charge is 2.30. The van der Waals surface area contributed by atoms with E-state index in [1.54, 1.807) is 17.9 Å². The zero-order valence-electron chi connectivity index (χ0n) is 11.6. The topological polar surface area (TPSA) is 57.8 Å². The van der Waals surface area contributed by atoms with E-state index in [0.717, 1.165) is 17.8 Å². The summed E-state index contributed by atoms with van der Waals surface area (Å²) in [5.74, 6) is -0.115. The van der Waals surface area contributed by atoms with E-state index in [9.17, 15) is 9.90 Å². The van der Waals surface area contributed by atoms with Gasteiger partial charge < -0.3 is 10.0 Å². The molecular weight excluding hydrogens is 310 g/mol. The van der Waals surface area contributed by atoms with Crippen molar-refractivity contribution in [1.82, 2.24) is 14.3 Å². The number of halogens is 1. The Bertz CT molecular complexity index is 704. The molecule has 7 heteroatoms. The van der Waals surface area contributed by atoms with Crippen molar-refractivity contribution in [3.63, 3.8) is 0 Å². The van der Waals surface area contributed by atoms with Crippen LogP contribution in [0, 0.1) is 0 Å². The minimum absolute atomic E-state index is 0.115.